The van der Waals surface area contributed by atoms with Gasteiger partial charge in [0.15, 0.2) is 5.58 Å². The minimum Gasteiger partial charge on any atom is -0.497 e. The Kier molecular flexibility index (Phi) is 4.69. The highest BCUT2D eigenvalue weighted by Gasteiger charge is 2.41. The van der Waals surface area contributed by atoms with E-state index < -0.39 is 0 Å². The molecular formula is C23H23N5O3. The molecule has 1 fully saturated rings. The molecule has 1 aliphatic carbocycles. The van der Waals surface area contributed by atoms with Gasteiger partial charge in [0.05, 0.1) is 12.7 Å². The molecule has 2 N–H and O–H groups in total. The minimum absolute atomic E-state index is 0.0251. The Labute approximate surface area is 179 Å². The van der Waals surface area contributed by atoms with E-state index in [9.17, 15) is 4.79 Å². The summed E-state index contributed by atoms with van der Waals surface area (Å²) in [7, 11) is 3.42. The Morgan fingerprint density at radius 2 is 2.10 bits per heavy atom. The first kappa shape index (κ1) is 19.3. The molecule has 0 saturated heterocycles. The first-order valence-electron chi connectivity index (χ1n) is 10.3. The fraction of sp³-hybridized carbons (Fsp3) is 0.304. The molecule has 1 amide bonds. The van der Waals surface area contributed by atoms with Gasteiger partial charge in [-0.15, -0.1) is 0 Å². The normalized spacial score (nSPS) is 17.6. The number of hydrogen-bond donors (Lipinski definition) is 2. The van der Waals surface area contributed by atoms with E-state index in [1.165, 1.54) is 0 Å². The van der Waals surface area contributed by atoms with E-state index in [2.05, 4.69) is 32.5 Å². The van der Waals surface area contributed by atoms with Crippen molar-refractivity contribution in [1.29, 1.82) is 0 Å². The first-order chi connectivity index (χ1) is 15.1. The Balaban J connectivity index is 1.58. The molecule has 1 aliphatic rings. The zero-order chi connectivity index (χ0) is 21.5. The molecule has 1 aromatic carbocycles. The zero-order valence-electron chi connectivity index (χ0n) is 17.6. The molecule has 8 nitrogen and oxygen atoms in total. The molecule has 4 aromatic rings. The highest BCUT2D eigenvalue weighted by atomic mass is 16.5. The number of amides is 1. The number of hydrogen-bond acceptors (Lipinski definition) is 7. The lowest BCUT2D eigenvalue weighted by molar-refractivity contribution is -0.117. The molecule has 5 rings (SSSR count). The molecule has 158 valence electrons. The van der Waals surface area contributed by atoms with Crippen LogP contribution in [0.15, 0.2) is 41.1 Å². The summed E-state index contributed by atoms with van der Waals surface area (Å²) in [5.41, 5.74) is 2.07. The Bertz CT molecular complexity index is 1300. The van der Waals surface area contributed by atoms with Crippen molar-refractivity contribution in [3.05, 3.63) is 36.7 Å². The minimum atomic E-state index is 0.0251. The zero-order valence-corrected chi connectivity index (χ0v) is 17.6. The number of anilines is 2. The standard InChI is InChI=1S/C23H23N5O3/c1-4-12-7-14(12)22(29)28-20-9-15-16(10-25-20)21(24-2)26-11-17(15)23-27-18-8-13(30-3)5-6-19(18)31-23/h5-6,8-12,14H,4,7H2,1-3H3,(H,24,26)(H,25,28,29). The smallest absolute Gasteiger partial charge is 0.229 e. The van der Waals surface area contributed by atoms with Crippen LogP contribution in [0, 0.1) is 11.8 Å². The van der Waals surface area contributed by atoms with Gasteiger partial charge in [-0.2, -0.15) is 0 Å². The van der Waals surface area contributed by atoms with Crippen molar-refractivity contribution < 1.29 is 13.9 Å². The summed E-state index contributed by atoms with van der Waals surface area (Å²) in [5.74, 6) is 2.94. The molecule has 0 spiro atoms. The van der Waals surface area contributed by atoms with E-state index >= 15 is 0 Å². The number of oxazole rings is 1. The second-order valence-corrected chi connectivity index (χ2v) is 7.74. The number of methoxy groups -OCH3 is 1. The van der Waals surface area contributed by atoms with Gasteiger partial charge in [-0.25, -0.2) is 15.0 Å². The maximum absolute atomic E-state index is 12.5. The van der Waals surface area contributed by atoms with Gasteiger partial charge in [0.25, 0.3) is 0 Å². The number of pyridine rings is 2. The molecule has 3 heterocycles. The molecule has 0 bridgehead atoms. The lowest BCUT2D eigenvalue weighted by Gasteiger charge is -2.10. The fourth-order valence-electron chi connectivity index (χ4n) is 3.96. The molecule has 0 aliphatic heterocycles. The maximum Gasteiger partial charge on any atom is 0.229 e. The number of benzene rings is 1. The van der Waals surface area contributed by atoms with Crippen molar-refractivity contribution in [3.63, 3.8) is 0 Å². The first-order valence-corrected chi connectivity index (χ1v) is 10.3. The summed E-state index contributed by atoms with van der Waals surface area (Å²) < 4.78 is 11.3. The number of carbonyl (C=O) groups is 1. The predicted molar refractivity (Wildman–Crippen MR) is 119 cm³/mol. The van der Waals surface area contributed by atoms with Crippen LogP contribution in [0.3, 0.4) is 0 Å². The van der Waals surface area contributed by atoms with Gasteiger partial charge in [0.1, 0.15) is 22.9 Å². The van der Waals surface area contributed by atoms with Crippen molar-refractivity contribution in [3.8, 4) is 17.2 Å². The highest BCUT2D eigenvalue weighted by Crippen LogP contribution is 2.42. The molecule has 1 saturated carbocycles. The topological polar surface area (TPSA) is 102 Å². The number of ether oxygens (including phenoxy) is 1. The van der Waals surface area contributed by atoms with Gasteiger partial charge in [0, 0.05) is 42.2 Å². The summed E-state index contributed by atoms with van der Waals surface area (Å²) >= 11 is 0. The quantitative estimate of drug-likeness (QED) is 0.477. The molecule has 3 aromatic heterocycles. The van der Waals surface area contributed by atoms with Crippen LogP contribution < -0.4 is 15.4 Å². The van der Waals surface area contributed by atoms with Gasteiger partial charge < -0.3 is 19.8 Å². The van der Waals surface area contributed by atoms with Crippen molar-refractivity contribution in [2.24, 2.45) is 11.8 Å². The summed E-state index contributed by atoms with van der Waals surface area (Å²) in [6.07, 6.45) is 5.40. The van der Waals surface area contributed by atoms with Crippen LogP contribution in [0.4, 0.5) is 11.6 Å². The van der Waals surface area contributed by atoms with E-state index in [0.717, 1.165) is 29.2 Å². The predicted octanol–water partition coefficient (Wildman–Crippen LogP) is 4.47. The number of rotatable bonds is 6. The average Bonchev–Trinajstić information content (AvgIpc) is 3.48. The van der Waals surface area contributed by atoms with Crippen LogP contribution in [-0.2, 0) is 4.79 Å². The lowest BCUT2D eigenvalue weighted by Crippen LogP contribution is -2.15. The number of nitrogens with zero attached hydrogens (tertiary/aromatic N) is 3. The summed E-state index contributed by atoms with van der Waals surface area (Å²) in [6, 6.07) is 7.34. The second kappa shape index (κ2) is 7.54. The fourth-order valence-corrected chi connectivity index (χ4v) is 3.96. The molecule has 2 atom stereocenters. The van der Waals surface area contributed by atoms with Crippen molar-refractivity contribution in [2.45, 2.75) is 19.8 Å². The highest BCUT2D eigenvalue weighted by molar-refractivity contribution is 6.03. The van der Waals surface area contributed by atoms with Crippen molar-refractivity contribution in [2.75, 3.05) is 24.8 Å². The van der Waals surface area contributed by atoms with Crippen LogP contribution in [0.25, 0.3) is 33.3 Å². The third-order valence-corrected chi connectivity index (χ3v) is 5.87. The van der Waals surface area contributed by atoms with E-state index in [1.54, 1.807) is 26.6 Å². The Morgan fingerprint density at radius 3 is 2.84 bits per heavy atom. The number of carbonyl (C=O) groups excluding carboxylic acids is 1. The summed E-state index contributed by atoms with van der Waals surface area (Å²) in [4.78, 5) is 26.1. The molecule has 2 unspecified atom stereocenters. The third kappa shape index (κ3) is 3.43. The van der Waals surface area contributed by atoms with Gasteiger partial charge in [-0.1, -0.05) is 13.3 Å². The Morgan fingerprint density at radius 1 is 1.23 bits per heavy atom. The summed E-state index contributed by atoms with van der Waals surface area (Å²) in [6.45, 7) is 2.11. The Hall–Kier alpha value is -3.68. The van der Waals surface area contributed by atoms with E-state index in [4.69, 9.17) is 9.15 Å². The van der Waals surface area contributed by atoms with Crippen LogP contribution >= 0.6 is 0 Å². The molecule has 31 heavy (non-hydrogen) atoms. The van der Waals surface area contributed by atoms with Gasteiger partial charge >= 0.3 is 0 Å². The largest absolute Gasteiger partial charge is 0.497 e. The van der Waals surface area contributed by atoms with Gasteiger partial charge in [-0.05, 0) is 30.5 Å². The van der Waals surface area contributed by atoms with Crippen LogP contribution in [0.5, 0.6) is 5.75 Å². The van der Waals surface area contributed by atoms with E-state index in [-0.39, 0.29) is 11.8 Å². The third-order valence-electron chi connectivity index (χ3n) is 5.87. The van der Waals surface area contributed by atoms with E-state index in [1.807, 2.05) is 24.3 Å². The van der Waals surface area contributed by atoms with Gasteiger partial charge in [0.2, 0.25) is 11.8 Å². The number of aromatic nitrogens is 3. The second-order valence-electron chi connectivity index (χ2n) is 7.74. The van der Waals surface area contributed by atoms with Crippen LogP contribution in [-0.4, -0.2) is 35.0 Å². The maximum atomic E-state index is 12.5. The van der Waals surface area contributed by atoms with Crippen molar-refractivity contribution in [1.82, 2.24) is 15.0 Å². The van der Waals surface area contributed by atoms with Crippen LogP contribution in [0.1, 0.15) is 19.8 Å². The number of nitrogens with one attached hydrogen (secondary N) is 2. The van der Waals surface area contributed by atoms with Crippen LogP contribution in [0.2, 0.25) is 0 Å². The SMILES string of the molecule is CCC1CC1C(=O)Nc1cc2c(-c3nc4cc(OC)ccc4o3)cnc(NC)c2cn1. The molecule has 8 heteroatoms. The molecular weight excluding hydrogens is 394 g/mol. The van der Waals surface area contributed by atoms with E-state index in [0.29, 0.717) is 40.3 Å². The number of fused-ring (bicyclic) bond motifs is 2. The average molecular weight is 417 g/mol. The summed E-state index contributed by atoms with van der Waals surface area (Å²) in [5, 5.41) is 7.70. The molecule has 0 radical (unpaired) electrons. The van der Waals surface area contributed by atoms with Crippen molar-refractivity contribution >= 4 is 39.4 Å². The monoisotopic (exact) mass is 417 g/mol. The lowest BCUT2D eigenvalue weighted by atomic mass is 10.1. The van der Waals surface area contributed by atoms with Gasteiger partial charge in [-0.3, -0.25) is 4.79 Å².